The van der Waals surface area contributed by atoms with Gasteiger partial charge in [-0.25, -0.2) is 8.78 Å². The second-order valence-corrected chi connectivity index (χ2v) is 4.36. The normalized spacial score (nSPS) is 18.9. The van der Waals surface area contributed by atoms with Crippen molar-refractivity contribution in [2.24, 2.45) is 0 Å². The summed E-state index contributed by atoms with van der Waals surface area (Å²) >= 11 is 0. The molecular weight excluding hydrogens is 238 g/mol. The van der Waals surface area contributed by atoms with Crippen molar-refractivity contribution in [3.8, 4) is 0 Å². The Bertz CT molecular complexity index is 445. The van der Waals surface area contributed by atoms with E-state index in [4.69, 9.17) is 0 Å². The average Bonchev–Trinajstić information content (AvgIpc) is 2.83. The minimum Gasteiger partial charge on any atom is -0.335 e. The van der Waals surface area contributed by atoms with Crippen molar-refractivity contribution < 1.29 is 13.6 Å². The Morgan fingerprint density at radius 1 is 1.50 bits per heavy atom. The first-order chi connectivity index (χ1) is 8.63. The third kappa shape index (κ3) is 2.51. The fraction of sp³-hybridized carbons (Fsp3) is 0.462. The van der Waals surface area contributed by atoms with Gasteiger partial charge in [-0.2, -0.15) is 0 Å². The summed E-state index contributed by atoms with van der Waals surface area (Å²) in [6.07, 6.45) is 0.863. The van der Waals surface area contributed by atoms with Crippen molar-refractivity contribution in [2.75, 3.05) is 19.6 Å². The summed E-state index contributed by atoms with van der Waals surface area (Å²) in [6.45, 7) is 3.96. The van der Waals surface area contributed by atoms with E-state index < -0.39 is 11.6 Å². The molecule has 0 aromatic heterocycles. The van der Waals surface area contributed by atoms with Crippen LogP contribution in [0.3, 0.4) is 0 Å². The molecule has 3 nitrogen and oxygen atoms in total. The molecule has 1 fully saturated rings. The lowest BCUT2D eigenvalue weighted by Gasteiger charge is -2.27. The molecule has 0 radical (unpaired) electrons. The number of carbonyl (C=O) groups excluding carboxylic acids is 1. The number of benzene rings is 1. The number of likely N-dealkylation sites (N-methyl/N-ethyl adjacent to an activating group) is 1. The largest absolute Gasteiger partial charge is 0.335 e. The number of hydrogen-bond donors (Lipinski definition) is 1. The zero-order valence-electron chi connectivity index (χ0n) is 10.2. The van der Waals surface area contributed by atoms with E-state index in [0.29, 0.717) is 6.54 Å². The van der Waals surface area contributed by atoms with Crippen LogP contribution in [0.15, 0.2) is 18.2 Å². The SMILES string of the molecule is CCN(C(=O)c1ccc(F)cc1F)C1CCNC1. The van der Waals surface area contributed by atoms with E-state index in [-0.39, 0.29) is 17.5 Å². The summed E-state index contributed by atoms with van der Waals surface area (Å²) in [5.41, 5.74) is -0.0647. The molecule has 1 amide bonds. The molecule has 5 heteroatoms. The maximum absolute atomic E-state index is 13.6. The van der Waals surface area contributed by atoms with Crippen LogP contribution in [-0.2, 0) is 0 Å². The van der Waals surface area contributed by atoms with Gasteiger partial charge in [-0.1, -0.05) is 0 Å². The molecule has 0 bridgehead atoms. The molecular formula is C13H16F2N2O. The van der Waals surface area contributed by atoms with Gasteiger partial charge < -0.3 is 10.2 Å². The highest BCUT2D eigenvalue weighted by molar-refractivity contribution is 5.94. The number of hydrogen-bond acceptors (Lipinski definition) is 2. The van der Waals surface area contributed by atoms with Crippen molar-refractivity contribution in [1.29, 1.82) is 0 Å². The van der Waals surface area contributed by atoms with E-state index in [1.54, 1.807) is 4.90 Å². The summed E-state index contributed by atoms with van der Waals surface area (Å²) in [6, 6.07) is 3.15. The number of halogens is 2. The first kappa shape index (κ1) is 13.0. The van der Waals surface area contributed by atoms with E-state index in [9.17, 15) is 13.6 Å². The Balaban J connectivity index is 2.22. The Morgan fingerprint density at radius 3 is 2.83 bits per heavy atom. The van der Waals surface area contributed by atoms with Crippen LogP contribution in [0.2, 0.25) is 0 Å². The Morgan fingerprint density at radius 2 is 2.28 bits per heavy atom. The second kappa shape index (κ2) is 5.44. The van der Waals surface area contributed by atoms with Crippen molar-refractivity contribution in [3.05, 3.63) is 35.4 Å². The van der Waals surface area contributed by atoms with E-state index in [1.165, 1.54) is 6.07 Å². The van der Waals surface area contributed by atoms with Crippen LogP contribution in [0.25, 0.3) is 0 Å². The summed E-state index contributed by atoms with van der Waals surface area (Å²) < 4.78 is 26.4. The standard InChI is InChI=1S/C13H16F2N2O/c1-2-17(10-5-6-16-8-10)13(18)11-4-3-9(14)7-12(11)15/h3-4,7,10,16H,2,5-6,8H2,1H3. The van der Waals surface area contributed by atoms with Crippen LogP contribution in [0.1, 0.15) is 23.7 Å². The zero-order valence-corrected chi connectivity index (χ0v) is 10.2. The predicted octanol–water partition coefficient (Wildman–Crippen LogP) is 1.79. The van der Waals surface area contributed by atoms with Gasteiger partial charge in [-0.15, -0.1) is 0 Å². The molecule has 1 aliphatic rings. The molecule has 1 N–H and O–H groups in total. The smallest absolute Gasteiger partial charge is 0.257 e. The first-order valence-corrected chi connectivity index (χ1v) is 6.10. The maximum Gasteiger partial charge on any atom is 0.257 e. The number of amides is 1. The molecule has 0 saturated carbocycles. The monoisotopic (exact) mass is 254 g/mol. The quantitative estimate of drug-likeness (QED) is 0.892. The molecule has 18 heavy (non-hydrogen) atoms. The highest BCUT2D eigenvalue weighted by Crippen LogP contribution is 2.16. The second-order valence-electron chi connectivity index (χ2n) is 4.36. The van der Waals surface area contributed by atoms with Crippen molar-refractivity contribution in [3.63, 3.8) is 0 Å². The van der Waals surface area contributed by atoms with E-state index in [1.807, 2.05) is 6.92 Å². The van der Waals surface area contributed by atoms with Gasteiger partial charge in [0.05, 0.1) is 5.56 Å². The fourth-order valence-corrected chi connectivity index (χ4v) is 2.29. The maximum atomic E-state index is 13.6. The molecule has 0 aliphatic carbocycles. The number of nitrogens with zero attached hydrogens (tertiary/aromatic N) is 1. The lowest BCUT2D eigenvalue weighted by molar-refractivity contribution is 0.0699. The fourth-order valence-electron chi connectivity index (χ4n) is 2.29. The molecule has 1 heterocycles. The Labute approximate surface area is 105 Å². The number of carbonyl (C=O) groups is 1. The van der Waals surface area contributed by atoms with Gasteiger partial charge in [0.15, 0.2) is 0 Å². The number of rotatable bonds is 3. The van der Waals surface area contributed by atoms with Gasteiger partial charge >= 0.3 is 0 Å². The number of nitrogens with one attached hydrogen (secondary N) is 1. The topological polar surface area (TPSA) is 32.3 Å². The minimum atomic E-state index is -0.801. The average molecular weight is 254 g/mol. The highest BCUT2D eigenvalue weighted by atomic mass is 19.1. The molecule has 0 spiro atoms. The Kier molecular flexibility index (Phi) is 3.91. The molecule has 2 rings (SSSR count). The van der Waals surface area contributed by atoms with Crippen LogP contribution in [0.5, 0.6) is 0 Å². The van der Waals surface area contributed by atoms with Crippen molar-refractivity contribution in [2.45, 2.75) is 19.4 Å². The highest BCUT2D eigenvalue weighted by Gasteiger charge is 2.27. The van der Waals surface area contributed by atoms with Crippen molar-refractivity contribution >= 4 is 5.91 Å². The van der Waals surface area contributed by atoms with Gasteiger partial charge in [-0.05, 0) is 32.0 Å². The van der Waals surface area contributed by atoms with Gasteiger partial charge in [0, 0.05) is 25.2 Å². The van der Waals surface area contributed by atoms with Crippen LogP contribution in [0.4, 0.5) is 8.78 Å². The summed E-state index contributed by atoms with van der Waals surface area (Å²) in [7, 11) is 0. The lowest BCUT2D eigenvalue weighted by Crippen LogP contribution is -2.41. The molecule has 1 aliphatic heterocycles. The summed E-state index contributed by atoms with van der Waals surface area (Å²) in [5.74, 6) is -1.84. The van der Waals surface area contributed by atoms with Gasteiger partial charge in [0.2, 0.25) is 0 Å². The molecule has 1 saturated heterocycles. The molecule has 98 valence electrons. The zero-order chi connectivity index (χ0) is 13.1. The summed E-state index contributed by atoms with van der Waals surface area (Å²) in [5, 5.41) is 3.17. The van der Waals surface area contributed by atoms with Crippen LogP contribution < -0.4 is 5.32 Å². The molecule has 1 aromatic carbocycles. The third-order valence-corrected chi connectivity index (χ3v) is 3.24. The molecule has 1 unspecified atom stereocenters. The van der Waals surface area contributed by atoms with E-state index >= 15 is 0 Å². The minimum absolute atomic E-state index is 0.0647. The predicted molar refractivity (Wildman–Crippen MR) is 64.3 cm³/mol. The molecule has 1 aromatic rings. The first-order valence-electron chi connectivity index (χ1n) is 6.10. The van der Waals surface area contributed by atoms with Crippen LogP contribution in [-0.4, -0.2) is 36.5 Å². The van der Waals surface area contributed by atoms with Gasteiger partial charge in [0.1, 0.15) is 11.6 Å². The Hall–Kier alpha value is -1.49. The van der Waals surface area contributed by atoms with E-state index in [2.05, 4.69) is 5.32 Å². The van der Waals surface area contributed by atoms with Gasteiger partial charge in [-0.3, -0.25) is 4.79 Å². The van der Waals surface area contributed by atoms with Crippen molar-refractivity contribution in [1.82, 2.24) is 10.2 Å². The third-order valence-electron chi connectivity index (χ3n) is 3.24. The van der Waals surface area contributed by atoms with Crippen LogP contribution in [0, 0.1) is 11.6 Å². The lowest BCUT2D eigenvalue weighted by atomic mass is 10.1. The molecule has 1 atom stereocenters. The van der Waals surface area contributed by atoms with Gasteiger partial charge in [0.25, 0.3) is 5.91 Å². The summed E-state index contributed by atoms with van der Waals surface area (Å²) in [4.78, 5) is 13.9. The van der Waals surface area contributed by atoms with Crippen LogP contribution >= 0.6 is 0 Å². The van der Waals surface area contributed by atoms with E-state index in [0.717, 1.165) is 31.6 Å².